The molecule has 0 aromatic heterocycles. The van der Waals surface area contributed by atoms with E-state index in [0.717, 1.165) is 29.0 Å². The Bertz CT molecular complexity index is 855. The Morgan fingerprint density at radius 2 is 1.25 bits per heavy atom. The van der Waals surface area contributed by atoms with Gasteiger partial charge in [0.25, 0.3) is 0 Å². The molecule has 0 aliphatic rings. The predicted molar refractivity (Wildman–Crippen MR) is 109 cm³/mol. The van der Waals surface area contributed by atoms with Gasteiger partial charge in [-0.25, -0.2) is 4.79 Å². The molecule has 0 bridgehead atoms. The van der Waals surface area contributed by atoms with E-state index in [1.54, 1.807) is 12.1 Å². The Morgan fingerprint density at radius 3 is 1.79 bits per heavy atom. The molecule has 0 unspecified atom stereocenters. The molecule has 3 aromatic carbocycles. The van der Waals surface area contributed by atoms with Crippen molar-refractivity contribution in [1.82, 2.24) is 0 Å². The number of rotatable bonds is 9. The summed E-state index contributed by atoms with van der Waals surface area (Å²) in [4.78, 5) is 11.8. The smallest absolute Gasteiger partial charge is 0.338 e. The van der Waals surface area contributed by atoms with Gasteiger partial charge in [-0.2, -0.15) is 0 Å². The van der Waals surface area contributed by atoms with Crippen molar-refractivity contribution < 1.29 is 19.0 Å². The lowest BCUT2D eigenvalue weighted by molar-refractivity contribution is 0.0505. The summed E-state index contributed by atoms with van der Waals surface area (Å²) < 4.78 is 16.7. The van der Waals surface area contributed by atoms with Crippen LogP contribution in [0.25, 0.3) is 0 Å². The summed E-state index contributed by atoms with van der Waals surface area (Å²) in [5.41, 5.74) is 2.67. The maximum atomic E-state index is 11.8. The van der Waals surface area contributed by atoms with E-state index in [1.165, 1.54) is 0 Å². The summed E-state index contributed by atoms with van der Waals surface area (Å²) in [7, 11) is 0. The summed E-state index contributed by atoms with van der Waals surface area (Å²) in [6.07, 6.45) is 0.813. The van der Waals surface area contributed by atoms with Crippen molar-refractivity contribution in [2.45, 2.75) is 26.6 Å². The Labute approximate surface area is 165 Å². The van der Waals surface area contributed by atoms with E-state index in [4.69, 9.17) is 14.2 Å². The SMILES string of the molecule is CCCOC(=O)c1ccc(COc2ccc(OCc3ccccc3)cc2)cc1. The van der Waals surface area contributed by atoms with Crippen molar-refractivity contribution >= 4 is 5.97 Å². The van der Waals surface area contributed by atoms with Gasteiger partial charge in [0.15, 0.2) is 0 Å². The highest BCUT2D eigenvalue weighted by Gasteiger charge is 2.06. The molecule has 0 fully saturated rings. The molecule has 28 heavy (non-hydrogen) atoms. The maximum Gasteiger partial charge on any atom is 0.338 e. The fraction of sp³-hybridized carbons (Fsp3) is 0.208. The first-order valence-corrected chi connectivity index (χ1v) is 9.40. The molecule has 0 aliphatic carbocycles. The van der Waals surface area contributed by atoms with E-state index in [9.17, 15) is 4.79 Å². The van der Waals surface area contributed by atoms with Gasteiger partial charge in [0, 0.05) is 0 Å². The molecule has 0 aliphatic heterocycles. The monoisotopic (exact) mass is 376 g/mol. The van der Waals surface area contributed by atoms with E-state index in [0.29, 0.717) is 25.4 Å². The lowest BCUT2D eigenvalue weighted by Crippen LogP contribution is -2.06. The Morgan fingerprint density at radius 1 is 0.714 bits per heavy atom. The Hall–Kier alpha value is -3.27. The summed E-state index contributed by atoms with van der Waals surface area (Å²) in [5, 5.41) is 0. The molecule has 0 atom stereocenters. The van der Waals surface area contributed by atoms with Gasteiger partial charge < -0.3 is 14.2 Å². The highest BCUT2D eigenvalue weighted by Crippen LogP contribution is 2.20. The number of hydrogen-bond donors (Lipinski definition) is 0. The van der Waals surface area contributed by atoms with Gasteiger partial charge >= 0.3 is 5.97 Å². The third-order valence-corrected chi connectivity index (χ3v) is 4.10. The molecule has 4 heteroatoms. The molecular formula is C24H24O4. The zero-order valence-electron chi connectivity index (χ0n) is 16.0. The number of ether oxygens (including phenoxy) is 3. The van der Waals surface area contributed by atoms with Gasteiger partial charge in [0.05, 0.1) is 12.2 Å². The first kappa shape index (κ1) is 19.5. The number of carbonyl (C=O) groups is 1. The molecular weight excluding hydrogens is 352 g/mol. The van der Waals surface area contributed by atoms with Crippen LogP contribution in [0.15, 0.2) is 78.9 Å². The third kappa shape index (κ3) is 5.88. The molecule has 0 saturated carbocycles. The van der Waals surface area contributed by atoms with E-state index < -0.39 is 0 Å². The van der Waals surface area contributed by atoms with Crippen LogP contribution in [-0.4, -0.2) is 12.6 Å². The second-order valence-electron chi connectivity index (χ2n) is 6.37. The van der Waals surface area contributed by atoms with Crippen LogP contribution in [0.2, 0.25) is 0 Å². The lowest BCUT2D eigenvalue weighted by Gasteiger charge is -2.09. The predicted octanol–water partition coefficient (Wildman–Crippen LogP) is 5.41. The third-order valence-electron chi connectivity index (χ3n) is 4.10. The Balaban J connectivity index is 1.47. The van der Waals surface area contributed by atoms with Gasteiger partial charge in [-0.3, -0.25) is 0 Å². The molecule has 3 rings (SSSR count). The molecule has 0 spiro atoms. The average molecular weight is 376 g/mol. The number of esters is 1. The van der Waals surface area contributed by atoms with E-state index in [-0.39, 0.29) is 5.97 Å². The van der Waals surface area contributed by atoms with Crippen LogP contribution in [0.4, 0.5) is 0 Å². The van der Waals surface area contributed by atoms with Crippen LogP contribution >= 0.6 is 0 Å². The minimum absolute atomic E-state index is 0.291. The minimum Gasteiger partial charge on any atom is -0.489 e. The summed E-state index contributed by atoms with van der Waals surface area (Å²) in [5.74, 6) is 1.27. The average Bonchev–Trinajstić information content (AvgIpc) is 2.76. The molecule has 0 amide bonds. The van der Waals surface area contributed by atoms with Gasteiger partial charge in [-0.05, 0) is 53.9 Å². The highest BCUT2D eigenvalue weighted by atomic mass is 16.5. The van der Waals surface area contributed by atoms with Gasteiger partial charge in [0.1, 0.15) is 24.7 Å². The summed E-state index contributed by atoms with van der Waals surface area (Å²) in [6.45, 7) is 3.37. The Kier molecular flexibility index (Phi) is 7.08. The lowest BCUT2D eigenvalue weighted by atomic mass is 10.1. The molecule has 0 heterocycles. The minimum atomic E-state index is -0.291. The largest absolute Gasteiger partial charge is 0.489 e. The van der Waals surface area contributed by atoms with Crippen LogP contribution in [-0.2, 0) is 18.0 Å². The van der Waals surface area contributed by atoms with Crippen molar-refractivity contribution in [2.24, 2.45) is 0 Å². The number of hydrogen-bond acceptors (Lipinski definition) is 4. The summed E-state index contributed by atoms with van der Waals surface area (Å²) >= 11 is 0. The second kappa shape index (κ2) is 10.2. The standard InChI is InChI=1S/C24H24O4/c1-2-16-26-24(25)21-10-8-20(9-11-21)18-28-23-14-12-22(13-15-23)27-17-19-6-4-3-5-7-19/h3-15H,2,16-18H2,1H3. The zero-order chi connectivity index (χ0) is 19.6. The molecule has 144 valence electrons. The quantitative estimate of drug-likeness (QED) is 0.468. The van der Waals surface area contributed by atoms with Gasteiger partial charge in [-0.1, -0.05) is 49.4 Å². The normalized spacial score (nSPS) is 10.3. The van der Waals surface area contributed by atoms with Crippen LogP contribution < -0.4 is 9.47 Å². The first-order valence-electron chi connectivity index (χ1n) is 9.40. The van der Waals surface area contributed by atoms with Crippen LogP contribution in [0.1, 0.15) is 34.8 Å². The first-order chi connectivity index (χ1) is 13.7. The number of benzene rings is 3. The van der Waals surface area contributed by atoms with E-state index in [1.807, 2.05) is 73.7 Å². The van der Waals surface area contributed by atoms with Gasteiger partial charge in [0.2, 0.25) is 0 Å². The highest BCUT2D eigenvalue weighted by molar-refractivity contribution is 5.89. The fourth-order valence-electron chi connectivity index (χ4n) is 2.55. The van der Waals surface area contributed by atoms with E-state index in [2.05, 4.69) is 0 Å². The van der Waals surface area contributed by atoms with Crippen LogP contribution in [0.5, 0.6) is 11.5 Å². The summed E-state index contributed by atoms with van der Waals surface area (Å²) in [6, 6.07) is 24.9. The van der Waals surface area contributed by atoms with Crippen molar-refractivity contribution in [1.29, 1.82) is 0 Å². The van der Waals surface area contributed by atoms with Crippen molar-refractivity contribution in [3.63, 3.8) is 0 Å². The number of carbonyl (C=O) groups excluding carboxylic acids is 1. The van der Waals surface area contributed by atoms with Crippen LogP contribution in [0, 0.1) is 0 Å². The zero-order valence-corrected chi connectivity index (χ0v) is 16.0. The van der Waals surface area contributed by atoms with Crippen molar-refractivity contribution in [2.75, 3.05) is 6.61 Å². The topological polar surface area (TPSA) is 44.8 Å². The molecule has 4 nitrogen and oxygen atoms in total. The van der Waals surface area contributed by atoms with Crippen LogP contribution in [0.3, 0.4) is 0 Å². The van der Waals surface area contributed by atoms with Crippen molar-refractivity contribution in [3.05, 3.63) is 95.6 Å². The van der Waals surface area contributed by atoms with Gasteiger partial charge in [-0.15, -0.1) is 0 Å². The molecule has 0 radical (unpaired) electrons. The van der Waals surface area contributed by atoms with E-state index >= 15 is 0 Å². The second-order valence-corrected chi connectivity index (χ2v) is 6.37. The molecule has 3 aromatic rings. The molecule has 0 N–H and O–H groups in total. The molecule has 0 saturated heterocycles. The maximum absolute atomic E-state index is 11.8. The fourth-order valence-corrected chi connectivity index (χ4v) is 2.55. The van der Waals surface area contributed by atoms with Crippen molar-refractivity contribution in [3.8, 4) is 11.5 Å².